The summed E-state index contributed by atoms with van der Waals surface area (Å²) >= 11 is 6.38. The number of amides is 12. The lowest BCUT2D eigenvalue weighted by Crippen LogP contribution is -2.65. The minimum absolute atomic E-state index is 0.0164. The predicted molar refractivity (Wildman–Crippen MR) is 360 cm³/mol. The van der Waals surface area contributed by atoms with Crippen LogP contribution in [0.4, 0.5) is 13.2 Å². The first-order valence-corrected chi connectivity index (χ1v) is 36.2. The van der Waals surface area contributed by atoms with E-state index in [9.17, 15) is 61.4 Å². The number of piperidine rings is 1. The Bertz CT molecular complexity index is 2840. The highest BCUT2D eigenvalue weighted by molar-refractivity contribution is 6.21. The zero-order valence-electron chi connectivity index (χ0n) is 60.0. The monoisotopic (exact) mass is 1410 g/mol. The van der Waals surface area contributed by atoms with Crippen molar-refractivity contribution in [3.63, 3.8) is 0 Å². The Kier molecular flexibility index (Phi) is 29.5. The zero-order chi connectivity index (χ0) is 72.8. The molecule has 1 spiro atoms. The quantitative estimate of drug-likeness (QED) is 0.210. The van der Waals surface area contributed by atoms with Gasteiger partial charge < -0.3 is 65.2 Å². The number of aliphatic hydroxyl groups excluding tert-OH is 1. The van der Waals surface area contributed by atoms with Gasteiger partial charge in [0.15, 0.2) is 0 Å². The van der Waals surface area contributed by atoms with Gasteiger partial charge in [-0.2, -0.15) is 13.2 Å². The van der Waals surface area contributed by atoms with Crippen LogP contribution in [-0.4, -0.2) is 274 Å². The molecule has 3 saturated heterocycles. The second-order valence-corrected chi connectivity index (χ2v) is 30.1. The number of alkyl halides is 4. The van der Waals surface area contributed by atoms with E-state index in [1.165, 1.54) is 71.0 Å². The van der Waals surface area contributed by atoms with E-state index in [1.807, 2.05) is 20.8 Å². The fourth-order valence-corrected chi connectivity index (χ4v) is 15.9. The van der Waals surface area contributed by atoms with Crippen LogP contribution in [0.5, 0.6) is 0 Å². The van der Waals surface area contributed by atoms with Crippen molar-refractivity contribution in [1.29, 1.82) is 0 Å². The summed E-state index contributed by atoms with van der Waals surface area (Å²) in [6.07, 6.45) is 1.91. The molecule has 0 aromatic carbocycles. The van der Waals surface area contributed by atoms with Crippen molar-refractivity contribution in [1.82, 2.24) is 60.0 Å². The molecule has 554 valence electrons. The number of hydrogen-bond acceptors (Lipinski definition) is 13. The second kappa shape index (κ2) is 35.8. The van der Waals surface area contributed by atoms with Gasteiger partial charge in [0.2, 0.25) is 70.9 Å². The molecule has 6 rings (SSSR count). The molecule has 0 aromatic rings. The molecular weight excluding hydrogens is 1300 g/mol. The Morgan fingerprint density at radius 2 is 1.21 bits per heavy atom. The minimum atomic E-state index is -4.52. The number of carbonyl (C=O) groups is 12. The first-order valence-electron chi connectivity index (χ1n) is 35.7. The molecule has 6 fully saturated rings. The molecule has 12 amide bonds. The Labute approximate surface area is 582 Å². The molecule has 6 aliphatic rings. The van der Waals surface area contributed by atoms with Crippen molar-refractivity contribution in [2.24, 2.45) is 29.6 Å². The maximum absolute atomic E-state index is 15.3. The summed E-state index contributed by atoms with van der Waals surface area (Å²) in [5, 5.41) is 19.0. The molecule has 3 unspecified atom stereocenters. The molecule has 3 heterocycles. The van der Waals surface area contributed by atoms with Crippen molar-refractivity contribution in [3.8, 4) is 0 Å². The van der Waals surface area contributed by atoms with E-state index in [2.05, 4.69) is 16.0 Å². The molecule has 12 atom stereocenters. The van der Waals surface area contributed by atoms with Crippen LogP contribution < -0.4 is 16.0 Å². The van der Waals surface area contributed by atoms with E-state index in [4.69, 9.17) is 11.6 Å². The fourth-order valence-electron chi connectivity index (χ4n) is 15.4. The van der Waals surface area contributed by atoms with E-state index < -0.39 is 174 Å². The SMILES string of the molecule is CC[C@H](C)[C@@H]1NC(=O)[C@H](CC(C)C)N(C)C(=O)C[C@@H](C(=O)N2CCCCC2)N(C)C(=O)[C@H]([C@@H](C)O)N(C)C(=O)C2(CCCC2)NC(=O)[C@@H]2CCCN2C(=O)[C@H](CCC2CCC(C(F)(F)F)C(Cl)C2)NC(=O)CN(C)C(=O)[C@H](CC2CCCCC2)N(C)C(=O)CN(C)C(=O)CN(C)C1=O. The first-order chi connectivity index (χ1) is 46.0. The van der Waals surface area contributed by atoms with Gasteiger partial charge in [-0.1, -0.05) is 79.1 Å². The Morgan fingerprint density at radius 3 is 1.81 bits per heavy atom. The van der Waals surface area contributed by atoms with Crippen LogP contribution in [0.2, 0.25) is 0 Å². The normalized spacial score (nSPS) is 29.7. The lowest BCUT2D eigenvalue weighted by molar-refractivity contribution is -0.182. The van der Waals surface area contributed by atoms with Gasteiger partial charge in [0.25, 0.3) is 0 Å². The molecule has 0 bridgehead atoms. The first kappa shape index (κ1) is 80.7. The molecule has 3 aliphatic carbocycles. The van der Waals surface area contributed by atoms with Crippen LogP contribution >= 0.6 is 11.6 Å². The number of nitrogens with zero attached hydrogens (tertiary/aromatic N) is 9. The van der Waals surface area contributed by atoms with Gasteiger partial charge in [0.1, 0.15) is 47.8 Å². The number of halogens is 4. The largest absolute Gasteiger partial charge is 0.393 e. The molecule has 3 aliphatic heterocycles. The summed E-state index contributed by atoms with van der Waals surface area (Å²) in [4.78, 5) is 188. The lowest BCUT2D eigenvalue weighted by atomic mass is 9.78. The van der Waals surface area contributed by atoms with Crippen LogP contribution in [0.3, 0.4) is 0 Å². The number of nitrogens with one attached hydrogen (secondary N) is 3. The van der Waals surface area contributed by atoms with E-state index in [1.54, 1.807) is 11.8 Å². The molecule has 4 N–H and O–H groups in total. The third-order valence-corrected chi connectivity index (χ3v) is 22.3. The molecule has 25 nitrogen and oxygen atoms in total. The number of likely N-dealkylation sites (tertiary alicyclic amines) is 1. The highest BCUT2D eigenvalue weighted by Crippen LogP contribution is 2.44. The average Bonchev–Trinajstić information content (AvgIpc) is 1.30. The van der Waals surface area contributed by atoms with Gasteiger partial charge in [0.05, 0.1) is 38.1 Å². The summed E-state index contributed by atoms with van der Waals surface area (Å²) in [6, 6.07) is -9.34. The summed E-state index contributed by atoms with van der Waals surface area (Å²) in [5.41, 5.74) is -1.67. The molecule has 98 heavy (non-hydrogen) atoms. The van der Waals surface area contributed by atoms with Gasteiger partial charge in [-0.05, 0) is 120 Å². The van der Waals surface area contributed by atoms with E-state index in [0.717, 1.165) is 63.0 Å². The van der Waals surface area contributed by atoms with E-state index >= 15 is 14.4 Å². The molecule has 29 heteroatoms. The van der Waals surface area contributed by atoms with Gasteiger partial charge in [-0.25, -0.2) is 0 Å². The van der Waals surface area contributed by atoms with Crippen LogP contribution in [-0.2, 0) is 57.5 Å². The standard InChI is InChI=1S/C69H112ClF3N12O13/c1-13-43(4)58-65(96)79(8)40-56(89)77(6)41-57(90)81(10)52(37-45-23-16-14-17-24-45)63(94)78(7)39-54(87)74-49(29-27-46-26-28-47(48(70)36-46)69(71,72)73)62(93)85-34-22-25-50(85)61(92)76-68(30-18-19-31-68)67(98)83(12)59(44(5)86)66(97)82(11)53(64(95)84-32-20-15-21-33-84)38-55(88)80(9)51(35-42(2)3)60(91)75-58/h42-53,58-59,86H,13-41H2,1-12H3,(H,74,87)(H,75,91)(H,76,92)/t43-,44+,46?,47?,48?,49-,50-,51-,52-,53-,58-,59-/m0/s1. The molecular formula is C69H112ClF3N12O13. The Balaban J connectivity index is 1.40. The smallest absolute Gasteiger partial charge is 0.391 e. The maximum Gasteiger partial charge on any atom is 0.393 e. The van der Waals surface area contributed by atoms with Crippen molar-refractivity contribution in [3.05, 3.63) is 0 Å². The van der Waals surface area contributed by atoms with Gasteiger partial charge in [-0.3, -0.25) is 57.5 Å². The number of fused-ring (bicyclic) bond motifs is 1. The number of hydrogen-bond donors (Lipinski definition) is 4. The van der Waals surface area contributed by atoms with E-state index in [-0.39, 0.29) is 88.5 Å². The van der Waals surface area contributed by atoms with Crippen molar-refractivity contribution >= 4 is 82.5 Å². The highest BCUT2D eigenvalue weighted by atomic mass is 35.5. The lowest BCUT2D eigenvalue weighted by Gasteiger charge is -2.41. The van der Waals surface area contributed by atoms with Crippen molar-refractivity contribution < 1.29 is 75.8 Å². The average molecular weight is 1410 g/mol. The molecule has 3 saturated carbocycles. The maximum atomic E-state index is 15.3. The molecule has 0 aromatic heterocycles. The van der Waals surface area contributed by atoms with Gasteiger partial charge in [0, 0.05) is 74.3 Å². The third-order valence-electron chi connectivity index (χ3n) is 21.8. The summed E-state index contributed by atoms with van der Waals surface area (Å²) < 4.78 is 41.9. The highest BCUT2D eigenvalue weighted by Gasteiger charge is 2.52. The topological polar surface area (TPSA) is 290 Å². The number of aliphatic hydroxyl groups is 1. The Hall–Kier alpha value is -6.32. The Morgan fingerprint density at radius 1 is 0.612 bits per heavy atom. The summed E-state index contributed by atoms with van der Waals surface area (Å²) in [6.45, 7) is 7.54. The van der Waals surface area contributed by atoms with Gasteiger partial charge in [-0.15, -0.1) is 11.6 Å². The summed E-state index contributed by atoms with van der Waals surface area (Å²) in [5.74, 6) is -11.2. The zero-order valence-corrected chi connectivity index (χ0v) is 60.7. The second-order valence-electron chi connectivity index (χ2n) is 29.6. The van der Waals surface area contributed by atoms with Gasteiger partial charge >= 0.3 is 6.18 Å². The van der Waals surface area contributed by atoms with Crippen molar-refractivity contribution in [2.75, 3.05) is 88.6 Å². The molecule has 0 radical (unpaired) electrons. The minimum Gasteiger partial charge on any atom is -0.391 e. The van der Waals surface area contributed by atoms with Crippen LogP contribution in [0.25, 0.3) is 0 Å². The van der Waals surface area contributed by atoms with Crippen LogP contribution in [0.1, 0.15) is 182 Å². The van der Waals surface area contributed by atoms with Crippen LogP contribution in [0, 0.1) is 29.6 Å². The third kappa shape index (κ3) is 20.5. The number of likely N-dealkylation sites (N-methyl/N-ethyl adjacent to an activating group) is 7. The fraction of sp³-hybridized carbons (Fsp3) is 0.826. The predicted octanol–water partition coefficient (Wildman–Crippen LogP) is 4.29. The van der Waals surface area contributed by atoms with E-state index in [0.29, 0.717) is 51.6 Å². The number of rotatable bonds is 11. The summed E-state index contributed by atoms with van der Waals surface area (Å²) in [7, 11) is 9.57. The number of carbonyl (C=O) groups excluding carboxylic acids is 12. The van der Waals surface area contributed by atoms with Crippen LogP contribution in [0.15, 0.2) is 0 Å². The van der Waals surface area contributed by atoms with Crippen molar-refractivity contribution in [2.45, 2.75) is 248 Å².